The van der Waals surface area contributed by atoms with E-state index in [4.69, 9.17) is 9.47 Å². The summed E-state index contributed by atoms with van der Waals surface area (Å²) in [5.74, 6) is -0.0162. The third-order valence-electron chi connectivity index (χ3n) is 4.86. The number of Topliss-reactive ketones (excluding diaryl/α,β-unsaturated/α-hetero) is 1. The molecule has 6 nitrogen and oxygen atoms in total. The van der Waals surface area contributed by atoms with Gasteiger partial charge in [-0.1, -0.05) is 72.8 Å². The molecule has 0 spiro atoms. The second-order valence-corrected chi connectivity index (χ2v) is 6.89. The number of aliphatic hydroxyl groups is 1. The van der Waals surface area contributed by atoms with Gasteiger partial charge in [-0.3, -0.25) is 4.79 Å². The number of hydrogen-bond acceptors (Lipinski definition) is 5. The van der Waals surface area contributed by atoms with Gasteiger partial charge >= 0.3 is 6.09 Å². The Hall–Kier alpha value is -4.06. The second kappa shape index (κ2) is 10.8. The summed E-state index contributed by atoms with van der Waals surface area (Å²) in [6.45, 7) is 1.85. The van der Waals surface area contributed by atoms with Crippen LogP contribution in [0.25, 0.3) is 5.76 Å². The maximum atomic E-state index is 13.6. The van der Waals surface area contributed by atoms with Gasteiger partial charge in [-0.2, -0.15) is 0 Å². The predicted octanol–water partition coefficient (Wildman–Crippen LogP) is 5.33. The first-order valence-corrected chi connectivity index (χ1v) is 10.2. The number of carbonyl (C=O) groups is 2. The fourth-order valence-electron chi connectivity index (χ4n) is 3.28. The lowest BCUT2D eigenvalue weighted by molar-refractivity contribution is 0.102. The molecule has 0 fully saturated rings. The summed E-state index contributed by atoms with van der Waals surface area (Å²) in [5, 5.41) is 14.0. The lowest BCUT2D eigenvalue weighted by Gasteiger charge is -2.23. The maximum absolute atomic E-state index is 13.6. The zero-order valence-corrected chi connectivity index (χ0v) is 17.9. The molecule has 32 heavy (non-hydrogen) atoms. The van der Waals surface area contributed by atoms with Crippen molar-refractivity contribution >= 4 is 17.6 Å². The zero-order chi connectivity index (χ0) is 22.9. The number of benzene rings is 3. The molecule has 0 saturated carbocycles. The molecular formula is C26H25NO5. The number of rotatable bonds is 8. The van der Waals surface area contributed by atoms with Gasteiger partial charge < -0.3 is 19.9 Å². The number of ketones is 1. The summed E-state index contributed by atoms with van der Waals surface area (Å²) in [6.07, 6.45) is -0.701. The van der Waals surface area contributed by atoms with Gasteiger partial charge in [-0.15, -0.1) is 0 Å². The number of methoxy groups -OCH3 is 1. The molecule has 0 heterocycles. The standard InChI is InChI=1S/C26H25NO5/c1-3-32-26(30)27-23(18-14-16-21(31-2)17-15-18)22(24(28)19-10-6-4-7-11-19)25(29)20-12-8-5-9-13-20/h4-17,23,28H,3H2,1-2H3,(H,27,30)/t23-/m0/s1. The van der Waals surface area contributed by atoms with E-state index >= 15 is 0 Å². The highest BCUT2D eigenvalue weighted by atomic mass is 16.5. The number of amides is 1. The van der Waals surface area contributed by atoms with Gasteiger partial charge in [0.25, 0.3) is 0 Å². The van der Waals surface area contributed by atoms with Crippen LogP contribution in [0.2, 0.25) is 0 Å². The molecule has 0 aliphatic heterocycles. The van der Waals surface area contributed by atoms with E-state index in [-0.39, 0.29) is 17.9 Å². The Morgan fingerprint density at radius 1 is 0.875 bits per heavy atom. The molecule has 0 aliphatic carbocycles. The van der Waals surface area contributed by atoms with Gasteiger partial charge in [0.05, 0.1) is 25.3 Å². The van der Waals surface area contributed by atoms with E-state index in [9.17, 15) is 14.7 Å². The molecule has 0 bridgehead atoms. The highest BCUT2D eigenvalue weighted by Crippen LogP contribution is 2.32. The lowest BCUT2D eigenvalue weighted by Crippen LogP contribution is -2.33. The van der Waals surface area contributed by atoms with Gasteiger partial charge in [-0.25, -0.2) is 4.79 Å². The Morgan fingerprint density at radius 2 is 1.44 bits per heavy atom. The minimum Gasteiger partial charge on any atom is -0.507 e. The SMILES string of the molecule is CCOC(=O)N[C@H](C(C(=O)c1ccccc1)=C(O)c1ccccc1)c1ccc(OC)cc1. The molecule has 0 saturated heterocycles. The summed E-state index contributed by atoms with van der Waals surface area (Å²) in [5.41, 5.74) is 1.45. The fraction of sp³-hybridized carbons (Fsp3) is 0.154. The van der Waals surface area contributed by atoms with Crippen LogP contribution < -0.4 is 10.1 Å². The van der Waals surface area contributed by atoms with E-state index in [1.165, 1.54) is 0 Å². The highest BCUT2D eigenvalue weighted by molar-refractivity contribution is 6.13. The number of ether oxygens (including phenoxy) is 2. The van der Waals surface area contributed by atoms with Crippen molar-refractivity contribution in [3.63, 3.8) is 0 Å². The van der Waals surface area contributed by atoms with E-state index in [1.54, 1.807) is 92.9 Å². The van der Waals surface area contributed by atoms with Crippen molar-refractivity contribution in [1.82, 2.24) is 5.32 Å². The summed E-state index contributed by atoms with van der Waals surface area (Å²) in [7, 11) is 1.55. The van der Waals surface area contributed by atoms with Crippen molar-refractivity contribution in [3.8, 4) is 5.75 Å². The number of alkyl carbamates (subject to hydrolysis) is 1. The van der Waals surface area contributed by atoms with Gasteiger partial charge in [0.15, 0.2) is 5.78 Å². The van der Waals surface area contributed by atoms with Crippen LogP contribution in [-0.4, -0.2) is 30.7 Å². The summed E-state index contributed by atoms with van der Waals surface area (Å²) in [4.78, 5) is 26.0. The van der Waals surface area contributed by atoms with Gasteiger partial charge in [-0.05, 0) is 24.6 Å². The number of hydrogen-bond donors (Lipinski definition) is 2. The smallest absolute Gasteiger partial charge is 0.407 e. The van der Waals surface area contributed by atoms with Crippen LogP contribution in [0.4, 0.5) is 4.79 Å². The number of carbonyl (C=O) groups excluding carboxylic acids is 2. The third-order valence-corrected chi connectivity index (χ3v) is 4.86. The van der Waals surface area contributed by atoms with Crippen LogP contribution in [-0.2, 0) is 4.74 Å². The number of nitrogens with one attached hydrogen (secondary N) is 1. The quantitative estimate of drug-likeness (QED) is 0.286. The molecule has 0 aliphatic rings. The summed E-state index contributed by atoms with van der Waals surface area (Å²) < 4.78 is 10.3. The minimum atomic E-state index is -0.965. The van der Waals surface area contributed by atoms with Crippen LogP contribution in [0.1, 0.15) is 34.5 Å². The normalized spacial score (nSPS) is 12.3. The Bertz CT molecular complexity index is 1080. The third kappa shape index (κ3) is 5.35. The maximum Gasteiger partial charge on any atom is 0.407 e. The average Bonchev–Trinajstić information content (AvgIpc) is 2.84. The molecule has 3 rings (SSSR count). The Kier molecular flexibility index (Phi) is 7.65. The average molecular weight is 431 g/mol. The summed E-state index contributed by atoms with van der Waals surface area (Å²) in [6, 6.07) is 23.3. The summed E-state index contributed by atoms with van der Waals surface area (Å²) >= 11 is 0. The van der Waals surface area contributed by atoms with E-state index in [1.807, 2.05) is 6.07 Å². The molecule has 0 radical (unpaired) electrons. The first-order chi connectivity index (χ1) is 15.5. The van der Waals surface area contributed by atoms with Crippen molar-refractivity contribution in [3.05, 3.63) is 107 Å². The van der Waals surface area contributed by atoms with Gasteiger partial charge in [0, 0.05) is 11.1 Å². The zero-order valence-electron chi connectivity index (χ0n) is 17.9. The van der Waals surface area contributed by atoms with Crippen LogP contribution >= 0.6 is 0 Å². The van der Waals surface area contributed by atoms with Crippen LogP contribution in [0.15, 0.2) is 90.5 Å². The van der Waals surface area contributed by atoms with E-state index in [0.717, 1.165) is 0 Å². The molecule has 1 atom stereocenters. The van der Waals surface area contributed by atoms with Gasteiger partial charge in [0.1, 0.15) is 11.5 Å². The number of aliphatic hydroxyl groups excluding tert-OH is 1. The molecule has 2 N–H and O–H groups in total. The second-order valence-electron chi connectivity index (χ2n) is 6.89. The first kappa shape index (κ1) is 22.6. The Morgan fingerprint density at radius 3 is 1.97 bits per heavy atom. The van der Waals surface area contributed by atoms with Crippen molar-refractivity contribution in [1.29, 1.82) is 0 Å². The monoisotopic (exact) mass is 431 g/mol. The first-order valence-electron chi connectivity index (χ1n) is 10.2. The topological polar surface area (TPSA) is 84.9 Å². The van der Waals surface area contributed by atoms with Crippen molar-refractivity contribution < 1.29 is 24.2 Å². The van der Waals surface area contributed by atoms with Crippen LogP contribution in [0.5, 0.6) is 5.75 Å². The highest BCUT2D eigenvalue weighted by Gasteiger charge is 2.30. The molecular weight excluding hydrogens is 406 g/mol. The molecule has 164 valence electrons. The Labute approximate surface area is 187 Å². The molecule has 1 amide bonds. The molecule has 3 aromatic rings. The molecule has 3 aromatic carbocycles. The minimum absolute atomic E-state index is 0.0284. The van der Waals surface area contributed by atoms with Crippen molar-refractivity contribution in [2.75, 3.05) is 13.7 Å². The van der Waals surface area contributed by atoms with Crippen molar-refractivity contribution in [2.24, 2.45) is 0 Å². The van der Waals surface area contributed by atoms with Crippen LogP contribution in [0.3, 0.4) is 0 Å². The fourth-order valence-corrected chi connectivity index (χ4v) is 3.28. The van der Waals surface area contributed by atoms with Crippen LogP contribution in [0, 0.1) is 0 Å². The van der Waals surface area contributed by atoms with Gasteiger partial charge in [0.2, 0.25) is 0 Å². The Balaban J connectivity index is 2.19. The largest absolute Gasteiger partial charge is 0.507 e. The van der Waals surface area contributed by atoms with E-state index in [2.05, 4.69) is 5.32 Å². The van der Waals surface area contributed by atoms with E-state index in [0.29, 0.717) is 22.4 Å². The molecule has 6 heteroatoms. The van der Waals surface area contributed by atoms with E-state index < -0.39 is 17.9 Å². The molecule has 0 aromatic heterocycles. The predicted molar refractivity (Wildman–Crippen MR) is 123 cm³/mol. The van der Waals surface area contributed by atoms with Crippen molar-refractivity contribution in [2.45, 2.75) is 13.0 Å². The molecule has 0 unspecified atom stereocenters. The lowest BCUT2D eigenvalue weighted by atomic mass is 9.89.